The molecule has 0 aromatic carbocycles. The maximum atomic E-state index is 5.43. The van der Waals surface area contributed by atoms with Crippen molar-refractivity contribution in [1.29, 1.82) is 0 Å². The first kappa shape index (κ1) is 11.9. The highest BCUT2D eigenvalue weighted by Gasteiger charge is 2.28. The van der Waals surface area contributed by atoms with Crippen molar-refractivity contribution in [3.8, 4) is 0 Å². The van der Waals surface area contributed by atoms with Crippen molar-refractivity contribution < 1.29 is 4.84 Å². The third kappa shape index (κ3) is 2.46. The van der Waals surface area contributed by atoms with E-state index in [1.165, 1.54) is 0 Å². The molecule has 6 nitrogen and oxygen atoms in total. The van der Waals surface area contributed by atoms with E-state index >= 15 is 0 Å². The number of aromatic nitrogens is 2. The highest BCUT2D eigenvalue weighted by atomic mass is 79.9. The van der Waals surface area contributed by atoms with Gasteiger partial charge in [-0.2, -0.15) is 0 Å². The largest absolute Gasteiger partial charge is 0.390 e. The van der Waals surface area contributed by atoms with Gasteiger partial charge in [-0.15, -0.1) is 0 Å². The van der Waals surface area contributed by atoms with E-state index in [1.807, 2.05) is 0 Å². The van der Waals surface area contributed by atoms with E-state index in [9.17, 15) is 0 Å². The fraction of sp³-hybridized carbons (Fsp3) is 0.545. The van der Waals surface area contributed by atoms with Crippen molar-refractivity contribution in [2.75, 3.05) is 38.1 Å². The first-order chi connectivity index (χ1) is 8.70. The lowest BCUT2D eigenvalue weighted by molar-refractivity contribution is -0.0416. The molecular weight excluding hydrogens is 298 g/mol. The fourth-order valence-electron chi connectivity index (χ4n) is 1.92. The van der Waals surface area contributed by atoms with E-state index in [2.05, 4.69) is 47.9 Å². The SMILES string of the molecule is CN1CC(ON=C2CN(c3ncc(Br)cn3)C2)C1. The minimum absolute atomic E-state index is 0.264. The van der Waals surface area contributed by atoms with E-state index in [0.717, 1.165) is 42.3 Å². The summed E-state index contributed by atoms with van der Waals surface area (Å²) >= 11 is 3.32. The molecule has 1 aromatic heterocycles. The third-order valence-electron chi connectivity index (χ3n) is 3.00. The van der Waals surface area contributed by atoms with Crippen molar-refractivity contribution in [1.82, 2.24) is 14.9 Å². The van der Waals surface area contributed by atoms with Crippen molar-refractivity contribution >= 4 is 27.6 Å². The molecule has 0 unspecified atom stereocenters. The number of likely N-dealkylation sites (N-methyl/N-ethyl adjacent to an activating group) is 1. The Morgan fingerprint density at radius 3 is 2.61 bits per heavy atom. The summed E-state index contributed by atoms with van der Waals surface area (Å²) in [5, 5.41) is 4.16. The van der Waals surface area contributed by atoms with Gasteiger partial charge in [0.25, 0.3) is 0 Å². The first-order valence-electron chi connectivity index (χ1n) is 5.83. The van der Waals surface area contributed by atoms with E-state index in [0.29, 0.717) is 0 Å². The summed E-state index contributed by atoms with van der Waals surface area (Å²) in [6.45, 7) is 3.45. The zero-order valence-corrected chi connectivity index (χ0v) is 11.7. The van der Waals surface area contributed by atoms with Crippen LogP contribution in [0.3, 0.4) is 0 Å². The Morgan fingerprint density at radius 1 is 1.33 bits per heavy atom. The Bertz CT molecular complexity index is 449. The molecule has 3 heterocycles. The Morgan fingerprint density at radius 2 is 2.00 bits per heavy atom. The number of likely N-dealkylation sites (tertiary alicyclic amines) is 1. The molecular formula is C11H14BrN5O. The molecule has 3 rings (SSSR count). The quantitative estimate of drug-likeness (QED) is 0.771. The van der Waals surface area contributed by atoms with Crippen LogP contribution in [0, 0.1) is 0 Å². The van der Waals surface area contributed by atoms with Crippen molar-refractivity contribution in [3.05, 3.63) is 16.9 Å². The topological polar surface area (TPSA) is 53.9 Å². The molecule has 0 atom stereocenters. The molecule has 2 aliphatic heterocycles. The monoisotopic (exact) mass is 311 g/mol. The highest BCUT2D eigenvalue weighted by Crippen LogP contribution is 2.16. The maximum Gasteiger partial charge on any atom is 0.226 e. The number of hydrogen-bond donors (Lipinski definition) is 0. The van der Waals surface area contributed by atoms with Crippen LogP contribution in [-0.4, -0.2) is 59.9 Å². The van der Waals surface area contributed by atoms with Crippen LogP contribution in [0.15, 0.2) is 22.0 Å². The van der Waals surface area contributed by atoms with Crippen LogP contribution in [0.25, 0.3) is 0 Å². The summed E-state index contributed by atoms with van der Waals surface area (Å²) < 4.78 is 0.887. The van der Waals surface area contributed by atoms with Gasteiger partial charge in [-0.25, -0.2) is 9.97 Å². The molecule has 2 fully saturated rings. The van der Waals surface area contributed by atoms with Gasteiger partial charge in [0, 0.05) is 25.5 Å². The lowest BCUT2D eigenvalue weighted by atomic mass is 10.2. The predicted octanol–water partition coefficient (Wildman–Crippen LogP) is 0.746. The van der Waals surface area contributed by atoms with E-state index in [-0.39, 0.29) is 6.10 Å². The first-order valence-corrected chi connectivity index (χ1v) is 6.62. The van der Waals surface area contributed by atoms with E-state index < -0.39 is 0 Å². The summed E-state index contributed by atoms with van der Waals surface area (Å²) in [5.41, 5.74) is 1.05. The minimum atomic E-state index is 0.264. The lowest BCUT2D eigenvalue weighted by Crippen LogP contribution is -2.51. The summed E-state index contributed by atoms with van der Waals surface area (Å²) in [4.78, 5) is 18.2. The standard InChI is InChI=1S/C11H14BrN5O/c1-16-6-10(7-16)18-15-9-4-17(5-9)11-13-2-8(12)3-14-11/h2-3,10H,4-7H2,1H3. The Balaban J connectivity index is 1.47. The van der Waals surface area contributed by atoms with Crippen LogP contribution in [0.4, 0.5) is 5.95 Å². The molecule has 2 saturated heterocycles. The van der Waals surface area contributed by atoms with Crippen LogP contribution in [0.1, 0.15) is 0 Å². The fourth-order valence-corrected chi connectivity index (χ4v) is 2.12. The molecule has 96 valence electrons. The van der Waals surface area contributed by atoms with Crippen molar-refractivity contribution in [3.63, 3.8) is 0 Å². The van der Waals surface area contributed by atoms with Crippen LogP contribution >= 0.6 is 15.9 Å². The van der Waals surface area contributed by atoms with Gasteiger partial charge in [0.2, 0.25) is 5.95 Å². The maximum absolute atomic E-state index is 5.43. The number of halogens is 1. The Labute approximate surface area is 114 Å². The molecule has 7 heteroatoms. The molecule has 0 radical (unpaired) electrons. The molecule has 0 saturated carbocycles. The number of anilines is 1. The highest BCUT2D eigenvalue weighted by molar-refractivity contribution is 9.10. The van der Waals surface area contributed by atoms with Gasteiger partial charge in [-0.05, 0) is 23.0 Å². The zero-order chi connectivity index (χ0) is 12.5. The van der Waals surface area contributed by atoms with Gasteiger partial charge in [0.15, 0.2) is 6.10 Å². The average Bonchev–Trinajstić information content (AvgIpc) is 2.26. The van der Waals surface area contributed by atoms with Crippen molar-refractivity contribution in [2.24, 2.45) is 5.16 Å². The summed E-state index contributed by atoms with van der Waals surface area (Å²) in [7, 11) is 2.07. The Hall–Kier alpha value is -1.21. The normalized spacial score (nSPS) is 20.3. The summed E-state index contributed by atoms with van der Waals surface area (Å²) in [5.74, 6) is 0.737. The Kier molecular flexibility index (Phi) is 3.17. The molecule has 2 aliphatic rings. The van der Waals surface area contributed by atoms with Gasteiger partial charge in [-0.1, -0.05) is 5.16 Å². The van der Waals surface area contributed by atoms with Crippen LogP contribution in [-0.2, 0) is 4.84 Å². The smallest absolute Gasteiger partial charge is 0.226 e. The van der Waals surface area contributed by atoms with Gasteiger partial charge in [0.1, 0.15) is 0 Å². The molecule has 18 heavy (non-hydrogen) atoms. The van der Waals surface area contributed by atoms with Crippen LogP contribution in [0.2, 0.25) is 0 Å². The third-order valence-corrected chi connectivity index (χ3v) is 3.41. The van der Waals surface area contributed by atoms with Crippen molar-refractivity contribution in [2.45, 2.75) is 6.10 Å². The van der Waals surface area contributed by atoms with E-state index in [4.69, 9.17) is 4.84 Å². The minimum Gasteiger partial charge on any atom is -0.390 e. The molecule has 0 aliphatic carbocycles. The second-order valence-corrected chi connectivity index (χ2v) is 5.58. The zero-order valence-electron chi connectivity index (χ0n) is 10.1. The molecule has 1 aromatic rings. The van der Waals surface area contributed by atoms with Gasteiger partial charge in [0.05, 0.1) is 23.3 Å². The van der Waals surface area contributed by atoms with Gasteiger partial charge < -0.3 is 9.74 Å². The number of hydrogen-bond acceptors (Lipinski definition) is 6. The van der Waals surface area contributed by atoms with E-state index in [1.54, 1.807) is 12.4 Å². The summed E-state index contributed by atoms with van der Waals surface area (Å²) in [6.07, 6.45) is 3.76. The number of rotatable bonds is 3. The second kappa shape index (κ2) is 4.81. The van der Waals surface area contributed by atoms with Crippen LogP contribution in [0.5, 0.6) is 0 Å². The molecule has 0 spiro atoms. The number of oxime groups is 1. The predicted molar refractivity (Wildman–Crippen MR) is 71.8 cm³/mol. The summed E-state index contributed by atoms with van der Waals surface area (Å²) in [6, 6.07) is 0. The molecule has 0 N–H and O–H groups in total. The molecule has 0 bridgehead atoms. The lowest BCUT2D eigenvalue weighted by Gasteiger charge is -2.36. The van der Waals surface area contributed by atoms with Gasteiger partial charge in [-0.3, -0.25) is 4.90 Å². The van der Waals surface area contributed by atoms with Gasteiger partial charge >= 0.3 is 0 Å². The molecule has 0 amide bonds. The number of nitrogens with zero attached hydrogens (tertiary/aromatic N) is 5. The van der Waals surface area contributed by atoms with Crippen LogP contribution < -0.4 is 4.90 Å². The average molecular weight is 312 g/mol. The second-order valence-electron chi connectivity index (χ2n) is 4.66.